The summed E-state index contributed by atoms with van der Waals surface area (Å²) < 4.78 is 18.2. The summed E-state index contributed by atoms with van der Waals surface area (Å²) in [4.78, 5) is 0. The van der Waals surface area contributed by atoms with Crippen molar-refractivity contribution in [3.63, 3.8) is 0 Å². The zero-order valence-electron chi connectivity index (χ0n) is 8.79. The average Bonchev–Trinajstić information content (AvgIpc) is 2.32. The van der Waals surface area contributed by atoms with E-state index in [9.17, 15) is 4.39 Å². The zero-order chi connectivity index (χ0) is 12.3. The van der Waals surface area contributed by atoms with Gasteiger partial charge in [0.1, 0.15) is 18.2 Å². The van der Waals surface area contributed by atoms with Crippen molar-refractivity contribution in [2.75, 3.05) is 0 Å². The van der Waals surface area contributed by atoms with Gasteiger partial charge in [-0.05, 0) is 29.8 Å². The maximum Gasteiger partial charge on any atom is 0.139 e. The highest BCUT2D eigenvalue weighted by atomic mass is 35.5. The molecule has 0 aliphatic rings. The molecular weight excluding hydrogens is 262 g/mol. The van der Waals surface area contributed by atoms with Crippen molar-refractivity contribution in [3.8, 4) is 5.75 Å². The quantitative estimate of drug-likeness (QED) is 0.785. The normalized spacial score (nSPS) is 10.3. The third-order valence-corrected chi connectivity index (χ3v) is 2.75. The molecule has 0 radical (unpaired) electrons. The summed E-state index contributed by atoms with van der Waals surface area (Å²) in [6, 6.07) is 11.1. The van der Waals surface area contributed by atoms with Crippen LogP contribution >= 0.6 is 23.2 Å². The predicted octanol–water partition coefficient (Wildman–Crippen LogP) is 4.71. The molecule has 17 heavy (non-hydrogen) atoms. The summed E-state index contributed by atoms with van der Waals surface area (Å²) in [6.07, 6.45) is 0. The Labute approximate surface area is 109 Å². The van der Waals surface area contributed by atoms with Gasteiger partial charge in [-0.15, -0.1) is 0 Å². The number of halogens is 3. The van der Waals surface area contributed by atoms with Gasteiger partial charge >= 0.3 is 0 Å². The molecule has 88 valence electrons. The first-order chi connectivity index (χ1) is 8.15. The Hall–Kier alpha value is -1.25. The second kappa shape index (κ2) is 5.39. The van der Waals surface area contributed by atoms with Crippen LogP contribution in [0.4, 0.5) is 4.39 Å². The van der Waals surface area contributed by atoms with Gasteiger partial charge in [0.15, 0.2) is 0 Å². The van der Waals surface area contributed by atoms with Crippen LogP contribution in [0.1, 0.15) is 5.56 Å². The highest BCUT2D eigenvalue weighted by molar-refractivity contribution is 6.34. The van der Waals surface area contributed by atoms with Gasteiger partial charge in [0, 0.05) is 11.1 Å². The second-order valence-electron chi connectivity index (χ2n) is 3.49. The minimum Gasteiger partial charge on any atom is -0.487 e. The van der Waals surface area contributed by atoms with E-state index in [1.165, 1.54) is 12.1 Å². The molecule has 0 N–H and O–H groups in total. The van der Waals surface area contributed by atoms with Crippen LogP contribution in [0.15, 0.2) is 42.5 Å². The molecule has 4 heteroatoms. The summed E-state index contributed by atoms with van der Waals surface area (Å²) in [5.41, 5.74) is 0.863. The van der Waals surface area contributed by atoms with Crippen molar-refractivity contribution in [2.24, 2.45) is 0 Å². The van der Waals surface area contributed by atoms with Crippen molar-refractivity contribution in [1.82, 2.24) is 0 Å². The lowest BCUT2D eigenvalue weighted by Gasteiger charge is -2.08. The fraction of sp³-hybridized carbons (Fsp3) is 0.0769. The van der Waals surface area contributed by atoms with E-state index in [4.69, 9.17) is 27.9 Å². The van der Waals surface area contributed by atoms with E-state index >= 15 is 0 Å². The van der Waals surface area contributed by atoms with E-state index in [0.717, 1.165) is 5.56 Å². The SMILES string of the molecule is Fc1ccc(COc2cc(Cl)ccc2Cl)cc1. The molecule has 0 aromatic heterocycles. The third-order valence-electron chi connectivity index (χ3n) is 2.20. The van der Waals surface area contributed by atoms with Gasteiger partial charge in [0.05, 0.1) is 5.02 Å². The van der Waals surface area contributed by atoms with Crippen LogP contribution in [0, 0.1) is 5.82 Å². The van der Waals surface area contributed by atoms with Crippen LogP contribution in [0.3, 0.4) is 0 Å². The monoisotopic (exact) mass is 270 g/mol. The Balaban J connectivity index is 2.07. The molecule has 1 nitrogen and oxygen atoms in total. The second-order valence-corrected chi connectivity index (χ2v) is 4.33. The van der Waals surface area contributed by atoms with Gasteiger partial charge in [0.25, 0.3) is 0 Å². The molecule has 0 saturated carbocycles. The first-order valence-corrected chi connectivity index (χ1v) is 5.73. The maximum atomic E-state index is 12.7. The van der Waals surface area contributed by atoms with Crippen molar-refractivity contribution in [1.29, 1.82) is 0 Å². The predicted molar refractivity (Wildman–Crippen MR) is 67.2 cm³/mol. The van der Waals surface area contributed by atoms with E-state index in [1.54, 1.807) is 30.3 Å². The maximum absolute atomic E-state index is 12.7. The zero-order valence-corrected chi connectivity index (χ0v) is 10.3. The Morgan fingerprint density at radius 2 is 1.71 bits per heavy atom. The summed E-state index contributed by atoms with van der Waals surface area (Å²) in [5.74, 6) is 0.248. The lowest BCUT2D eigenvalue weighted by molar-refractivity contribution is 0.306. The lowest BCUT2D eigenvalue weighted by Crippen LogP contribution is -1.96. The largest absolute Gasteiger partial charge is 0.487 e. The average molecular weight is 271 g/mol. The van der Waals surface area contributed by atoms with Crippen LogP contribution in [-0.2, 0) is 6.61 Å². The van der Waals surface area contributed by atoms with Crippen LogP contribution in [0.2, 0.25) is 10.0 Å². The molecule has 2 aromatic carbocycles. The number of rotatable bonds is 3. The van der Waals surface area contributed by atoms with Gasteiger partial charge in [0.2, 0.25) is 0 Å². The molecule has 0 amide bonds. The van der Waals surface area contributed by atoms with Crippen molar-refractivity contribution in [3.05, 3.63) is 63.9 Å². The summed E-state index contributed by atoms with van der Waals surface area (Å²) in [5, 5.41) is 1.06. The molecule has 0 unspecified atom stereocenters. The molecule has 2 aromatic rings. The molecule has 0 heterocycles. The summed E-state index contributed by atoms with van der Waals surface area (Å²) >= 11 is 11.8. The van der Waals surface area contributed by atoms with Gasteiger partial charge in [-0.25, -0.2) is 4.39 Å². The van der Waals surface area contributed by atoms with Crippen LogP contribution < -0.4 is 4.74 Å². The topological polar surface area (TPSA) is 9.23 Å². The third kappa shape index (κ3) is 3.35. The Kier molecular flexibility index (Phi) is 3.87. The minimum absolute atomic E-state index is 0.269. The van der Waals surface area contributed by atoms with Crippen LogP contribution in [0.25, 0.3) is 0 Å². The van der Waals surface area contributed by atoms with Gasteiger partial charge in [-0.3, -0.25) is 0 Å². The number of hydrogen-bond acceptors (Lipinski definition) is 1. The Morgan fingerprint density at radius 3 is 2.41 bits per heavy atom. The Morgan fingerprint density at radius 1 is 1.00 bits per heavy atom. The van der Waals surface area contributed by atoms with Crippen LogP contribution in [0.5, 0.6) is 5.75 Å². The first kappa shape index (κ1) is 12.2. The van der Waals surface area contributed by atoms with Crippen molar-refractivity contribution >= 4 is 23.2 Å². The molecule has 0 spiro atoms. The number of benzene rings is 2. The molecule has 0 saturated heterocycles. The Bertz CT molecular complexity index is 511. The van der Waals surface area contributed by atoms with Gasteiger partial charge < -0.3 is 4.74 Å². The summed E-state index contributed by atoms with van der Waals surface area (Å²) in [7, 11) is 0. The smallest absolute Gasteiger partial charge is 0.139 e. The van der Waals surface area contributed by atoms with E-state index < -0.39 is 0 Å². The van der Waals surface area contributed by atoms with E-state index in [2.05, 4.69) is 0 Å². The summed E-state index contributed by atoms with van der Waals surface area (Å²) in [6.45, 7) is 0.320. The van der Waals surface area contributed by atoms with Crippen LogP contribution in [-0.4, -0.2) is 0 Å². The highest BCUT2D eigenvalue weighted by Gasteiger charge is 2.03. The van der Waals surface area contributed by atoms with Crippen molar-refractivity contribution in [2.45, 2.75) is 6.61 Å². The van der Waals surface area contributed by atoms with E-state index in [1.807, 2.05) is 0 Å². The molecule has 0 fully saturated rings. The highest BCUT2D eigenvalue weighted by Crippen LogP contribution is 2.28. The lowest BCUT2D eigenvalue weighted by atomic mass is 10.2. The van der Waals surface area contributed by atoms with Gasteiger partial charge in [-0.1, -0.05) is 35.3 Å². The van der Waals surface area contributed by atoms with E-state index in [-0.39, 0.29) is 5.82 Å². The van der Waals surface area contributed by atoms with E-state index in [0.29, 0.717) is 22.4 Å². The minimum atomic E-state index is -0.269. The standard InChI is InChI=1S/C13H9Cl2FO/c14-10-3-6-12(15)13(7-10)17-8-9-1-4-11(16)5-2-9/h1-7H,8H2. The number of ether oxygens (including phenoxy) is 1. The fourth-order valence-electron chi connectivity index (χ4n) is 1.33. The molecular formula is C13H9Cl2FO. The fourth-order valence-corrected chi connectivity index (χ4v) is 1.66. The number of hydrogen-bond donors (Lipinski definition) is 0. The molecule has 0 atom stereocenters. The molecule has 0 aliphatic carbocycles. The molecule has 0 aliphatic heterocycles. The molecule has 2 rings (SSSR count). The first-order valence-electron chi connectivity index (χ1n) is 4.97. The van der Waals surface area contributed by atoms with Crippen molar-refractivity contribution < 1.29 is 9.13 Å². The van der Waals surface area contributed by atoms with Gasteiger partial charge in [-0.2, -0.15) is 0 Å². The molecule has 0 bridgehead atoms.